The van der Waals surface area contributed by atoms with Crippen LogP contribution in [0.15, 0.2) is 47.0 Å². The first kappa shape index (κ1) is 19.9. The second-order valence-corrected chi connectivity index (χ2v) is 8.14. The average Bonchev–Trinajstić information content (AvgIpc) is 3.24. The van der Waals surface area contributed by atoms with Crippen LogP contribution in [0.1, 0.15) is 33.6 Å². The Kier molecular flexibility index (Phi) is 4.97. The Hall–Kier alpha value is -3.35. The highest BCUT2D eigenvalue weighted by Gasteiger charge is 2.17. The normalized spacial score (nSPS) is 11.9. The number of hydrogen-bond acceptors (Lipinski definition) is 4. The first-order valence-electron chi connectivity index (χ1n) is 9.88. The van der Waals surface area contributed by atoms with Crippen molar-refractivity contribution in [3.63, 3.8) is 0 Å². The summed E-state index contributed by atoms with van der Waals surface area (Å²) in [6.45, 7) is 8.31. The molecule has 1 amide bonds. The molecule has 4 rings (SSSR count). The Morgan fingerprint density at radius 3 is 2.77 bits per heavy atom. The number of aromatic nitrogens is 2. The van der Waals surface area contributed by atoms with Crippen LogP contribution in [0.5, 0.6) is 0 Å². The quantitative estimate of drug-likeness (QED) is 0.474. The lowest BCUT2D eigenvalue weighted by molar-refractivity contribution is 0.0519. The lowest BCUT2D eigenvalue weighted by Gasteiger charge is -2.19. The van der Waals surface area contributed by atoms with Gasteiger partial charge in [0.15, 0.2) is 5.58 Å². The van der Waals surface area contributed by atoms with E-state index < -0.39 is 11.7 Å². The average molecular weight is 409 g/mol. The molecule has 30 heavy (non-hydrogen) atoms. The SMILES string of the molecule is CCn1cc(-c2ccc3nc(CNC(=O)OC(C)(C)C)oc3c2)c2ccc(F)cc21. The number of aryl methyl sites for hydroxylation is 1. The van der Waals surface area contributed by atoms with Crippen LogP contribution in [-0.4, -0.2) is 21.2 Å². The van der Waals surface area contributed by atoms with Crippen molar-refractivity contribution < 1.29 is 18.3 Å². The number of alkyl carbamates (subject to hydrolysis) is 1. The fraction of sp³-hybridized carbons (Fsp3) is 0.304. The van der Waals surface area contributed by atoms with Crippen molar-refractivity contribution in [1.82, 2.24) is 14.9 Å². The Balaban J connectivity index is 1.62. The van der Waals surface area contributed by atoms with Gasteiger partial charge in [0.2, 0.25) is 5.89 Å². The van der Waals surface area contributed by atoms with Gasteiger partial charge in [-0.2, -0.15) is 0 Å². The van der Waals surface area contributed by atoms with Gasteiger partial charge in [-0.05, 0) is 63.6 Å². The van der Waals surface area contributed by atoms with Gasteiger partial charge in [0.1, 0.15) is 16.9 Å². The fourth-order valence-corrected chi connectivity index (χ4v) is 3.43. The number of ether oxygens (including phenoxy) is 1. The molecule has 0 aliphatic heterocycles. The van der Waals surface area contributed by atoms with Crippen LogP contribution in [0.4, 0.5) is 9.18 Å². The number of hydrogen-bond donors (Lipinski definition) is 1. The number of nitrogens with one attached hydrogen (secondary N) is 1. The van der Waals surface area contributed by atoms with E-state index in [1.54, 1.807) is 32.9 Å². The Labute approximate surface area is 173 Å². The van der Waals surface area contributed by atoms with Crippen molar-refractivity contribution in [2.24, 2.45) is 0 Å². The monoisotopic (exact) mass is 409 g/mol. The molecule has 0 aliphatic rings. The summed E-state index contributed by atoms with van der Waals surface area (Å²) >= 11 is 0. The fourth-order valence-electron chi connectivity index (χ4n) is 3.43. The van der Waals surface area contributed by atoms with Gasteiger partial charge in [-0.3, -0.25) is 0 Å². The number of halogens is 1. The number of benzene rings is 2. The van der Waals surface area contributed by atoms with Crippen LogP contribution in [0.3, 0.4) is 0 Å². The topological polar surface area (TPSA) is 69.3 Å². The van der Waals surface area contributed by atoms with Gasteiger partial charge in [-0.15, -0.1) is 0 Å². The van der Waals surface area contributed by atoms with Gasteiger partial charge in [0, 0.05) is 23.7 Å². The molecule has 0 saturated heterocycles. The van der Waals surface area contributed by atoms with Crippen LogP contribution in [0, 0.1) is 5.82 Å². The molecule has 6 nitrogen and oxygen atoms in total. The summed E-state index contributed by atoms with van der Waals surface area (Å²) in [5.41, 5.74) is 3.55. The van der Waals surface area contributed by atoms with E-state index in [1.807, 2.05) is 35.9 Å². The maximum absolute atomic E-state index is 13.7. The molecule has 0 radical (unpaired) electrons. The van der Waals surface area contributed by atoms with E-state index in [0.29, 0.717) is 17.0 Å². The van der Waals surface area contributed by atoms with Crippen molar-refractivity contribution in [3.8, 4) is 11.1 Å². The maximum atomic E-state index is 13.7. The second-order valence-electron chi connectivity index (χ2n) is 8.14. The standard InChI is InChI=1S/C23H24FN3O3/c1-5-27-13-17(16-8-7-15(24)11-19(16)27)14-6-9-18-20(10-14)29-21(26-18)12-25-22(28)30-23(2,3)4/h6-11,13H,5,12H2,1-4H3,(H,25,28). The molecule has 0 saturated carbocycles. The molecule has 0 unspecified atom stereocenters. The third kappa shape index (κ3) is 4.01. The molecule has 0 atom stereocenters. The van der Waals surface area contributed by atoms with Gasteiger partial charge < -0.3 is 19.0 Å². The molecular formula is C23H24FN3O3. The molecule has 0 bridgehead atoms. The van der Waals surface area contributed by atoms with Crippen LogP contribution in [0.2, 0.25) is 0 Å². The molecule has 2 aromatic heterocycles. The van der Waals surface area contributed by atoms with Gasteiger partial charge >= 0.3 is 6.09 Å². The highest BCUT2D eigenvalue weighted by Crippen LogP contribution is 2.33. The van der Waals surface area contributed by atoms with Crippen molar-refractivity contribution in [2.45, 2.75) is 46.4 Å². The Morgan fingerprint density at radius 2 is 2.03 bits per heavy atom. The summed E-state index contributed by atoms with van der Waals surface area (Å²) in [7, 11) is 0. The molecule has 156 valence electrons. The molecule has 4 aromatic rings. The maximum Gasteiger partial charge on any atom is 0.408 e. The van der Waals surface area contributed by atoms with E-state index in [0.717, 1.165) is 28.6 Å². The Bertz CT molecular complexity index is 1230. The lowest BCUT2D eigenvalue weighted by atomic mass is 10.0. The van der Waals surface area contributed by atoms with E-state index in [1.165, 1.54) is 6.07 Å². The van der Waals surface area contributed by atoms with Gasteiger partial charge in [0.05, 0.1) is 12.1 Å². The van der Waals surface area contributed by atoms with Crippen molar-refractivity contribution in [2.75, 3.05) is 0 Å². The number of carbonyl (C=O) groups excluding carboxylic acids is 1. The van der Waals surface area contributed by atoms with E-state index >= 15 is 0 Å². The molecule has 1 N–H and O–H groups in total. The number of amides is 1. The number of fused-ring (bicyclic) bond motifs is 2. The molecular weight excluding hydrogens is 385 g/mol. The third-order valence-corrected chi connectivity index (χ3v) is 4.71. The minimum Gasteiger partial charge on any atom is -0.444 e. The van der Waals surface area contributed by atoms with Gasteiger partial charge in [-0.25, -0.2) is 14.2 Å². The summed E-state index contributed by atoms with van der Waals surface area (Å²) in [5.74, 6) is 0.140. The highest BCUT2D eigenvalue weighted by molar-refractivity contribution is 5.97. The predicted molar refractivity (Wildman–Crippen MR) is 114 cm³/mol. The van der Waals surface area contributed by atoms with E-state index in [9.17, 15) is 9.18 Å². The minimum atomic E-state index is -0.569. The smallest absolute Gasteiger partial charge is 0.408 e. The second kappa shape index (κ2) is 7.48. The van der Waals surface area contributed by atoms with Gasteiger partial charge in [0.25, 0.3) is 0 Å². The molecule has 0 fully saturated rings. The Morgan fingerprint density at radius 1 is 1.23 bits per heavy atom. The highest BCUT2D eigenvalue weighted by atomic mass is 19.1. The van der Waals surface area contributed by atoms with Crippen LogP contribution in [-0.2, 0) is 17.8 Å². The molecule has 7 heteroatoms. The van der Waals surface area contributed by atoms with Crippen LogP contribution < -0.4 is 5.32 Å². The number of carbonyl (C=O) groups is 1. The zero-order valence-corrected chi connectivity index (χ0v) is 17.5. The lowest BCUT2D eigenvalue weighted by Crippen LogP contribution is -2.32. The van der Waals surface area contributed by atoms with Crippen LogP contribution >= 0.6 is 0 Å². The first-order chi connectivity index (χ1) is 14.2. The largest absolute Gasteiger partial charge is 0.444 e. The first-order valence-corrected chi connectivity index (χ1v) is 9.88. The molecule has 0 aliphatic carbocycles. The van der Waals surface area contributed by atoms with Crippen molar-refractivity contribution >= 4 is 28.1 Å². The molecule has 2 aromatic carbocycles. The number of oxazole rings is 1. The molecule has 0 spiro atoms. The summed E-state index contributed by atoms with van der Waals surface area (Å²) in [5, 5.41) is 3.62. The number of rotatable bonds is 4. The zero-order chi connectivity index (χ0) is 21.5. The van der Waals surface area contributed by atoms with E-state index in [4.69, 9.17) is 9.15 Å². The summed E-state index contributed by atoms with van der Waals surface area (Å²) < 4.78 is 26.8. The van der Waals surface area contributed by atoms with Crippen molar-refractivity contribution in [1.29, 1.82) is 0 Å². The summed E-state index contributed by atoms with van der Waals surface area (Å²) in [6, 6.07) is 10.6. The third-order valence-electron chi connectivity index (χ3n) is 4.71. The van der Waals surface area contributed by atoms with Crippen LogP contribution in [0.25, 0.3) is 33.1 Å². The zero-order valence-electron chi connectivity index (χ0n) is 17.5. The number of nitrogens with zero attached hydrogens (tertiary/aromatic N) is 2. The summed E-state index contributed by atoms with van der Waals surface area (Å²) in [6.07, 6.45) is 1.50. The minimum absolute atomic E-state index is 0.132. The molecule has 2 heterocycles. The van der Waals surface area contributed by atoms with E-state index in [-0.39, 0.29) is 12.4 Å². The van der Waals surface area contributed by atoms with Crippen molar-refractivity contribution in [3.05, 3.63) is 54.3 Å². The van der Waals surface area contributed by atoms with Gasteiger partial charge in [-0.1, -0.05) is 6.07 Å². The summed E-state index contributed by atoms with van der Waals surface area (Å²) in [4.78, 5) is 16.3. The predicted octanol–water partition coefficient (Wildman–Crippen LogP) is 5.63. The van der Waals surface area contributed by atoms with E-state index in [2.05, 4.69) is 10.3 Å².